The molecule has 0 radical (unpaired) electrons. The van der Waals surface area contributed by atoms with Crippen LogP contribution in [-0.4, -0.2) is 11.1 Å². The van der Waals surface area contributed by atoms with E-state index >= 15 is 0 Å². The summed E-state index contributed by atoms with van der Waals surface area (Å²) in [6, 6.07) is 6.89. The van der Waals surface area contributed by atoms with E-state index in [-0.39, 0.29) is 5.56 Å². The number of furan rings is 1. The number of rotatable bonds is 4. The van der Waals surface area contributed by atoms with Crippen molar-refractivity contribution in [1.82, 2.24) is 0 Å². The number of hydrogen-bond donors (Lipinski definition) is 2. The van der Waals surface area contributed by atoms with Crippen LogP contribution >= 0.6 is 0 Å². The maximum absolute atomic E-state index is 10.9. The lowest BCUT2D eigenvalue weighted by Crippen LogP contribution is -2.03. The number of hydrogen-bond acceptors (Lipinski definition) is 3. The molecule has 1 aromatic heterocycles. The topological polar surface area (TPSA) is 62.5 Å². The van der Waals surface area contributed by atoms with Gasteiger partial charge in [-0.3, -0.25) is 0 Å². The van der Waals surface area contributed by atoms with Crippen molar-refractivity contribution >= 4 is 11.7 Å². The quantitative estimate of drug-likeness (QED) is 0.849. The Balaban J connectivity index is 2.14. The molecular formula is C13H13NO3. The minimum Gasteiger partial charge on any atom is -0.478 e. The summed E-state index contributed by atoms with van der Waals surface area (Å²) in [7, 11) is 0. The summed E-state index contributed by atoms with van der Waals surface area (Å²) in [5.41, 5.74) is 3.14. The lowest BCUT2D eigenvalue weighted by Gasteiger charge is -2.09. The Hall–Kier alpha value is -2.23. The van der Waals surface area contributed by atoms with Crippen molar-refractivity contribution in [3.63, 3.8) is 0 Å². The molecule has 0 aliphatic rings. The highest BCUT2D eigenvalue weighted by Gasteiger charge is 2.06. The van der Waals surface area contributed by atoms with Crippen molar-refractivity contribution in [3.05, 3.63) is 53.5 Å². The molecule has 0 unspecified atom stereocenters. The highest BCUT2D eigenvalue weighted by atomic mass is 16.4. The van der Waals surface area contributed by atoms with E-state index in [2.05, 4.69) is 5.32 Å². The standard InChI is InChI=1S/C13H13NO3/c1-9-2-3-11(13(15)16)6-12(9)14-7-10-4-5-17-8-10/h2-6,8,14H,7H2,1H3,(H,15,16). The summed E-state index contributed by atoms with van der Waals surface area (Å²) >= 11 is 0. The first-order chi connectivity index (χ1) is 8.16. The molecule has 0 atom stereocenters. The fraction of sp³-hybridized carbons (Fsp3) is 0.154. The number of carboxylic acid groups (broad SMARTS) is 1. The zero-order valence-corrected chi connectivity index (χ0v) is 9.43. The van der Waals surface area contributed by atoms with E-state index in [1.54, 1.807) is 30.7 Å². The highest BCUT2D eigenvalue weighted by Crippen LogP contribution is 2.18. The fourth-order valence-corrected chi connectivity index (χ4v) is 1.54. The summed E-state index contributed by atoms with van der Waals surface area (Å²) in [5.74, 6) is -0.920. The molecule has 4 heteroatoms. The van der Waals surface area contributed by atoms with Gasteiger partial charge in [0.15, 0.2) is 0 Å². The third-order valence-electron chi connectivity index (χ3n) is 2.55. The van der Waals surface area contributed by atoms with E-state index in [1.807, 2.05) is 13.0 Å². The largest absolute Gasteiger partial charge is 0.478 e. The van der Waals surface area contributed by atoms with Gasteiger partial charge in [0.25, 0.3) is 0 Å². The molecule has 88 valence electrons. The van der Waals surface area contributed by atoms with E-state index in [1.165, 1.54) is 0 Å². The second kappa shape index (κ2) is 4.74. The van der Waals surface area contributed by atoms with Crippen LogP contribution in [0.4, 0.5) is 5.69 Å². The molecule has 0 spiro atoms. The molecule has 4 nitrogen and oxygen atoms in total. The number of aryl methyl sites for hydroxylation is 1. The van der Waals surface area contributed by atoms with E-state index in [0.29, 0.717) is 6.54 Å². The monoisotopic (exact) mass is 231 g/mol. The second-order valence-corrected chi connectivity index (χ2v) is 3.82. The molecule has 2 rings (SSSR count). The zero-order chi connectivity index (χ0) is 12.3. The molecule has 0 bridgehead atoms. The molecule has 0 aliphatic carbocycles. The van der Waals surface area contributed by atoms with Crippen LogP contribution in [0.5, 0.6) is 0 Å². The molecule has 2 aromatic rings. The van der Waals surface area contributed by atoms with Crippen LogP contribution in [0.25, 0.3) is 0 Å². The molecule has 0 aliphatic heterocycles. The molecule has 2 N–H and O–H groups in total. The third-order valence-corrected chi connectivity index (χ3v) is 2.55. The van der Waals surface area contributed by atoms with Gasteiger partial charge >= 0.3 is 5.97 Å². The molecule has 0 saturated heterocycles. The Morgan fingerprint density at radius 2 is 2.24 bits per heavy atom. The zero-order valence-electron chi connectivity index (χ0n) is 9.43. The van der Waals surface area contributed by atoms with Crippen LogP contribution in [0.2, 0.25) is 0 Å². The van der Waals surface area contributed by atoms with Crippen molar-refractivity contribution in [2.45, 2.75) is 13.5 Å². The van der Waals surface area contributed by atoms with Gasteiger partial charge in [-0.2, -0.15) is 0 Å². The average Bonchev–Trinajstić information content (AvgIpc) is 2.80. The number of benzene rings is 1. The lowest BCUT2D eigenvalue weighted by atomic mass is 10.1. The Morgan fingerprint density at radius 1 is 1.41 bits per heavy atom. The van der Waals surface area contributed by atoms with Crippen LogP contribution in [0.3, 0.4) is 0 Å². The van der Waals surface area contributed by atoms with Crippen molar-refractivity contribution in [2.75, 3.05) is 5.32 Å². The van der Waals surface area contributed by atoms with Crippen LogP contribution in [-0.2, 0) is 6.54 Å². The summed E-state index contributed by atoms with van der Waals surface area (Å²) < 4.78 is 4.96. The first kappa shape index (κ1) is 11.3. The molecule has 1 heterocycles. The first-order valence-corrected chi connectivity index (χ1v) is 5.25. The Morgan fingerprint density at radius 3 is 2.88 bits per heavy atom. The maximum atomic E-state index is 10.9. The van der Waals surface area contributed by atoms with Crippen LogP contribution in [0, 0.1) is 6.92 Å². The highest BCUT2D eigenvalue weighted by molar-refractivity contribution is 5.89. The summed E-state index contributed by atoms with van der Waals surface area (Å²) in [6.07, 6.45) is 3.26. The average molecular weight is 231 g/mol. The number of carbonyl (C=O) groups is 1. The number of aromatic carboxylic acids is 1. The van der Waals surface area contributed by atoms with Crippen molar-refractivity contribution in [1.29, 1.82) is 0 Å². The third kappa shape index (κ3) is 2.66. The predicted octanol–water partition coefficient (Wildman–Crippen LogP) is 2.90. The van der Waals surface area contributed by atoms with Gasteiger partial charge in [0.2, 0.25) is 0 Å². The predicted molar refractivity (Wildman–Crippen MR) is 64.2 cm³/mol. The molecular weight excluding hydrogens is 218 g/mol. The normalized spacial score (nSPS) is 10.2. The van der Waals surface area contributed by atoms with E-state index < -0.39 is 5.97 Å². The van der Waals surface area contributed by atoms with E-state index in [9.17, 15) is 4.79 Å². The SMILES string of the molecule is Cc1ccc(C(=O)O)cc1NCc1ccoc1. The van der Waals surface area contributed by atoms with Crippen molar-refractivity contribution in [3.8, 4) is 0 Å². The van der Waals surface area contributed by atoms with Gasteiger partial charge in [-0.1, -0.05) is 6.07 Å². The summed E-state index contributed by atoms with van der Waals surface area (Å²) in [5, 5.41) is 12.1. The lowest BCUT2D eigenvalue weighted by molar-refractivity contribution is 0.0697. The second-order valence-electron chi connectivity index (χ2n) is 3.82. The maximum Gasteiger partial charge on any atom is 0.335 e. The Labute approximate surface area is 98.9 Å². The smallest absolute Gasteiger partial charge is 0.335 e. The van der Waals surface area contributed by atoms with Crippen LogP contribution in [0.1, 0.15) is 21.5 Å². The van der Waals surface area contributed by atoms with Crippen molar-refractivity contribution in [2.24, 2.45) is 0 Å². The summed E-state index contributed by atoms with van der Waals surface area (Å²) in [4.78, 5) is 10.9. The number of anilines is 1. The minimum absolute atomic E-state index is 0.283. The summed E-state index contributed by atoms with van der Waals surface area (Å²) in [6.45, 7) is 2.55. The van der Waals surface area contributed by atoms with E-state index in [4.69, 9.17) is 9.52 Å². The first-order valence-electron chi connectivity index (χ1n) is 5.25. The van der Waals surface area contributed by atoms with Crippen LogP contribution < -0.4 is 5.32 Å². The Kier molecular flexibility index (Phi) is 3.14. The van der Waals surface area contributed by atoms with E-state index in [0.717, 1.165) is 16.8 Å². The van der Waals surface area contributed by atoms with Gasteiger partial charge in [0.05, 0.1) is 18.1 Å². The fourth-order valence-electron chi connectivity index (χ4n) is 1.54. The minimum atomic E-state index is -0.920. The molecule has 0 fully saturated rings. The van der Waals surface area contributed by atoms with Gasteiger partial charge in [0, 0.05) is 17.8 Å². The molecule has 0 saturated carbocycles. The number of nitrogens with one attached hydrogen (secondary N) is 1. The Bertz CT molecular complexity index is 517. The molecule has 0 amide bonds. The van der Waals surface area contributed by atoms with Gasteiger partial charge in [-0.25, -0.2) is 4.79 Å². The molecule has 17 heavy (non-hydrogen) atoms. The van der Waals surface area contributed by atoms with Gasteiger partial charge < -0.3 is 14.8 Å². The van der Waals surface area contributed by atoms with Gasteiger partial charge in [0.1, 0.15) is 0 Å². The molecule has 1 aromatic carbocycles. The van der Waals surface area contributed by atoms with Gasteiger partial charge in [-0.05, 0) is 30.7 Å². The van der Waals surface area contributed by atoms with Crippen LogP contribution in [0.15, 0.2) is 41.2 Å². The van der Waals surface area contributed by atoms with Crippen molar-refractivity contribution < 1.29 is 14.3 Å². The number of carboxylic acids is 1. The van der Waals surface area contributed by atoms with Gasteiger partial charge in [-0.15, -0.1) is 0 Å².